The molecule has 0 heterocycles. The third kappa shape index (κ3) is 3.22. The van der Waals surface area contributed by atoms with E-state index in [4.69, 9.17) is 4.74 Å². The number of rotatable bonds is 4. The Morgan fingerprint density at radius 2 is 2.14 bits per heavy atom. The van der Waals surface area contributed by atoms with Crippen molar-refractivity contribution in [3.05, 3.63) is 22.7 Å². The van der Waals surface area contributed by atoms with Crippen LogP contribution in [0.4, 0.5) is 5.69 Å². The lowest BCUT2D eigenvalue weighted by Crippen LogP contribution is -2.08. The summed E-state index contributed by atoms with van der Waals surface area (Å²) in [6, 6.07) is 5.95. The van der Waals surface area contributed by atoms with Crippen LogP contribution in [0.3, 0.4) is 0 Å². The van der Waals surface area contributed by atoms with Crippen molar-refractivity contribution in [3.63, 3.8) is 0 Å². The average Bonchev–Trinajstić information content (AvgIpc) is 2.15. The molecule has 0 aliphatic rings. The number of nitrogens with one attached hydrogen (secondary N) is 1. The van der Waals surface area contributed by atoms with E-state index in [9.17, 15) is 0 Å². The zero-order chi connectivity index (χ0) is 10.6. The molecule has 1 aromatic rings. The summed E-state index contributed by atoms with van der Waals surface area (Å²) in [6.07, 6.45) is 0. The maximum absolute atomic E-state index is 5.25. The molecule has 0 aliphatic heterocycles. The van der Waals surface area contributed by atoms with E-state index < -0.39 is 0 Å². The molecule has 0 atom stereocenters. The summed E-state index contributed by atoms with van der Waals surface area (Å²) in [5.74, 6) is 1.51. The zero-order valence-electron chi connectivity index (χ0n) is 8.80. The minimum Gasteiger partial charge on any atom is -0.495 e. The molecular formula is C11H16BrNO. The van der Waals surface area contributed by atoms with Crippen molar-refractivity contribution in [3.8, 4) is 5.75 Å². The molecule has 1 aromatic carbocycles. The molecule has 0 amide bonds. The summed E-state index contributed by atoms with van der Waals surface area (Å²) in [4.78, 5) is 0. The second-order valence-electron chi connectivity index (χ2n) is 3.62. The SMILES string of the molecule is COc1ccc(Br)cc1NCC(C)C. The molecule has 0 aromatic heterocycles. The number of ether oxygens (including phenoxy) is 1. The van der Waals surface area contributed by atoms with Gasteiger partial charge in [0.05, 0.1) is 12.8 Å². The summed E-state index contributed by atoms with van der Waals surface area (Å²) < 4.78 is 6.31. The van der Waals surface area contributed by atoms with Crippen molar-refractivity contribution in [1.82, 2.24) is 0 Å². The van der Waals surface area contributed by atoms with E-state index in [2.05, 4.69) is 35.1 Å². The van der Waals surface area contributed by atoms with Crippen LogP contribution in [0.1, 0.15) is 13.8 Å². The minimum atomic E-state index is 0.624. The quantitative estimate of drug-likeness (QED) is 0.892. The van der Waals surface area contributed by atoms with E-state index in [1.807, 2.05) is 18.2 Å². The van der Waals surface area contributed by atoms with Gasteiger partial charge < -0.3 is 10.1 Å². The molecule has 0 aliphatic carbocycles. The second kappa shape index (κ2) is 5.25. The molecule has 3 heteroatoms. The number of hydrogen-bond acceptors (Lipinski definition) is 2. The maximum atomic E-state index is 5.25. The summed E-state index contributed by atoms with van der Waals surface area (Å²) in [5.41, 5.74) is 1.04. The van der Waals surface area contributed by atoms with Gasteiger partial charge in [-0.25, -0.2) is 0 Å². The van der Waals surface area contributed by atoms with Crippen LogP contribution < -0.4 is 10.1 Å². The first-order valence-electron chi connectivity index (χ1n) is 4.71. The molecule has 0 saturated heterocycles. The highest BCUT2D eigenvalue weighted by Crippen LogP contribution is 2.27. The third-order valence-corrected chi connectivity index (χ3v) is 2.36. The van der Waals surface area contributed by atoms with Crippen LogP contribution in [0.5, 0.6) is 5.75 Å². The van der Waals surface area contributed by atoms with Crippen molar-refractivity contribution in [1.29, 1.82) is 0 Å². The smallest absolute Gasteiger partial charge is 0.142 e. The summed E-state index contributed by atoms with van der Waals surface area (Å²) >= 11 is 3.44. The van der Waals surface area contributed by atoms with Gasteiger partial charge >= 0.3 is 0 Å². The van der Waals surface area contributed by atoms with Crippen LogP contribution in [0.2, 0.25) is 0 Å². The van der Waals surface area contributed by atoms with Gasteiger partial charge in [0.1, 0.15) is 5.75 Å². The largest absolute Gasteiger partial charge is 0.495 e. The third-order valence-electron chi connectivity index (χ3n) is 1.86. The van der Waals surface area contributed by atoms with Crippen LogP contribution in [-0.2, 0) is 0 Å². The standard InChI is InChI=1S/C11H16BrNO/c1-8(2)7-13-10-6-9(12)4-5-11(10)14-3/h4-6,8,13H,7H2,1-3H3. The Balaban J connectivity index is 2.77. The Labute approximate surface area is 93.8 Å². The highest BCUT2D eigenvalue weighted by Gasteiger charge is 2.03. The number of methoxy groups -OCH3 is 1. The van der Waals surface area contributed by atoms with Gasteiger partial charge in [-0.15, -0.1) is 0 Å². The van der Waals surface area contributed by atoms with Gasteiger partial charge in [0.15, 0.2) is 0 Å². The van der Waals surface area contributed by atoms with Crippen LogP contribution in [0.25, 0.3) is 0 Å². The first kappa shape index (κ1) is 11.4. The van der Waals surface area contributed by atoms with Crippen molar-refractivity contribution < 1.29 is 4.74 Å². The van der Waals surface area contributed by atoms with Gasteiger partial charge in [-0.2, -0.15) is 0 Å². The van der Waals surface area contributed by atoms with Crippen LogP contribution in [-0.4, -0.2) is 13.7 Å². The maximum Gasteiger partial charge on any atom is 0.142 e. The first-order chi connectivity index (χ1) is 6.63. The topological polar surface area (TPSA) is 21.3 Å². The molecule has 0 fully saturated rings. The molecule has 1 rings (SSSR count). The number of benzene rings is 1. The second-order valence-corrected chi connectivity index (χ2v) is 4.54. The van der Waals surface area contributed by atoms with Crippen LogP contribution >= 0.6 is 15.9 Å². The van der Waals surface area contributed by atoms with Crippen molar-refractivity contribution in [2.75, 3.05) is 19.0 Å². The van der Waals surface area contributed by atoms with Gasteiger partial charge in [0, 0.05) is 11.0 Å². The Hall–Kier alpha value is -0.700. The van der Waals surface area contributed by atoms with E-state index in [0.29, 0.717) is 5.92 Å². The Morgan fingerprint density at radius 1 is 1.43 bits per heavy atom. The van der Waals surface area contributed by atoms with Gasteiger partial charge in [0.2, 0.25) is 0 Å². The highest BCUT2D eigenvalue weighted by atomic mass is 79.9. The summed E-state index contributed by atoms with van der Waals surface area (Å²) in [5, 5.41) is 3.35. The Bertz CT molecular complexity index is 299. The van der Waals surface area contributed by atoms with Gasteiger partial charge in [-0.1, -0.05) is 29.8 Å². The number of halogens is 1. The molecular weight excluding hydrogens is 242 g/mol. The minimum absolute atomic E-state index is 0.624. The van der Waals surface area contributed by atoms with E-state index in [0.717, 1.165) is 22.5 Å². The highest BCUT2D eigenvalue weighted by molar-refractivity contribution is 9.10. The Morgan fingerprint density at radius 3 is 2.71 bits per heavy atom. The van der Waals surface area contributed by atoms with E-state index >= 15 is 0 Å². The number of hydrogen-bond donors (Lipinski definition) is 1. The fraction of sp³-hybridized carbons (Fsp3) is 0.455. The molecule has 0 spiro atoms. The van der Waals surface area contributed by atoms with Crippen LogP contribution in [0, 0.1) is 5.92 Å². The Kier molecular flexibility index (Phi) is 4.26. The predicted octanol–water partition coefficient (Wildman–Crippen LogP) is 3.53. The molecule has 1 N–H and O–H groups in total. The van der Waals surface area contributed by atoms with E-state index in [1.54, 1.807) is 7.11 Å². The average molecular weight is 258 g/mol. The molecule has 0 radical (unpaired) electrons. The predicted molar refractivity (Wildman–Crippen MR) is 64.0 cm³/mol. The molecule has 2 nitrogen and oxygen atoms in total. The first-order valence-corrected chi connectivity index (χ1v) is 5.50. The molecule has 0 bridgehead atoms. The fourth-order valence-electron chi connectivity index (χ4n) is 1.13. The normalized spacial score (nSPS) is 10.4. The lowest BCUT2D eigenvalue weighted by molar-refractivity contribution is 0.416. The monoisotopic (exact) mass is 257 g/mol. The fourth-order valence-corrected chi connectivity index (χ4v) is 1.49. The van der Waals surface area contributed by atoms with Gasteiger partial charge in [0.25, 0.3) is 0 Å². The summed E-state index contributed by atoms with van der Waals surface area (Å²) in [7, 11) is 1.68. The van der Waals surface area contributed by atoms with Crippen molar-refractivity contribution >= 4 is 21.6 Å². The number of anilines is 1. The molecule has 14 heavy (non-hydrogen) atoms. The van der Waals surface area contributed by atoms with Crippen molar-refractivity contribution in [2.45, 2.75) is 13.8 Å². The van der Waals surface area contributed by atoms with Gasteiger partial charge in [-0.3, -0.25) is 0 Å². The van der Waals surface area contributed by atoms with Crippen LogP contribution in [0.15, 0.2) is 22.7 Å². The van der Waals surface area contributed by atoms with E-state index in [1.165, 1.54) is 0 Å². The van der Waals surface area contributed by atoms with E-state index in [-0.39, 0.29) is 0 Å². The zero-order valence-corrected chi connectivity index (χ0v) is 10.4. The molecule has 78 valence electrons. The molecule has 0 saturated carbocycles. The summed E-state index contributed by atoms with van der Waals surface area (Å²) in [6.45, 7) is 5.31. The lowest BCUT2D eigenvalue weighted by Gasteiger charge is -2.12. The molecule has 0 unspecified atom stereocenters. The van der Waals surface area contributed by atoms with Crippen molar-refractivity contribution in [2.24, 2.45) is 5.92 Å². The lowest BCUT2D eigenvalue weighted by atomic mass is 10.2. The van der Waals surface area contributed by atoms with Gasteiger partial charge in [-0.05, 0) is 24.1 Å².